The zero-order valence-electron chi connectivity index (χ0n) is 12.1. The highest BCUT2D eigenvalue weighted by atomic mass is 16.3. The maximum Gasteiger partial charge on any atom is 0.291 e. The first-order chi connectivity index (χ1) is 10.1. The second kappa shape index (κ2) is 6.73. The van der Waals surface area contributed by atoms with Gasteiger partial charge in [0.25, 0.3) is 5.91 Å². The number of amides is 1. The molecule has 5 nitrogen and oxygen atoms in total. The van der Waals surface area contributed by atoms with Gasteiger partial charge in [-0.3, -0.25) is 4.79 Å². The molecule has 0 atom stereocenters. The minimum atomic E-state index is -0.191. The molecule has 0 aliphatic heterocycles. The fraction of sp³-hybridized carbons (Fsp3) is 0.250. The molecular weight excluding hydrogens is 266 g/mol. The van der Waals surface area contributed by atoms with Gasteiger partial charge in [-0.25, -0.2) is 4.98 Å². The highest BCUT2D eigenvalue weighted by molar-refractivity contribution is 5.92. The summed E-state index contributed by atoms with van der Waals surface area (Å²) in [7, 11) is 1.72. The Morgan fingerprint density at radius 1 is 1.48 bits per heavy atom. The Morgan fingerprint density at radius 2 is 2.29 bits per heavy atom. The molecule has 2 rings (SSSR count). The molecule has 1 heterocycles. The Hall–Kier alpha value is -2.58. The Bertz CT molecular complexity index is 695. The molecule has 108 valence electrons. The molecule has 2 aromatic rings. The van der Waals surface area contributed by atoms with E-state index in [9.17, 15) is 4.79 Å². The first-order valence-corrected chi connectivity index (χ1v) is 6.55. The van der Waals surface area contributed by atoms with Crippen LogP contribution in [-0.2, 0) is 6.54 Å². The average molecular weight is 283 g/mol. The summed E-state index contributed by atoms with van der Waals surface area (Å²) in [5.41, 5.74) is 7.83. The Morgan fingerprint density at radius 3 is 2.95 bits per heavy atom. The van der Waals surface area contributed by atoms with Crippen molar-refractivity contribution in [3.8, 4) is 11.8 Å². The number of aromatic nitrogens is 1. The lowest BCUT2D eigenvalue weighted by molar-refractivity contribution is 0.0752. The summed E-state index contributed by atoms with van der Waals surface area (Å²) in [4.78, 5) is 17.8. The van der Waals surface area contributed by atoms with E-state index in [1.165, 1.54) is 6.39 Å². The molecule has 0 fully saturated rings. The highest BCUT2D eigenvalue weighted by Gasteiger charge is 2.18. The molecule has 0 saturated carbocycles. The second-order valence-electron chi connectivity index (χ2n) is 4.63. The van der Waals surface area contributed by atoms with E-state index < -0.39 is 0 Å². The van der Waals surface area contributed by atoms with E-state index in [4.69, 9.17) is 10.2 Å². The summed E-state index contributed by atoms with van der Waals surface area (Å²) < 4.78 is 5.12. The van der Waals surface area contributed by atoms with Crippen molar-refractivity contribution in [1.82, 2.24) is 9.88 Å². The fourth-order valence-electron chi connectivity index (χ4n) is 1.93. The maximum absolute atomic E-state index is 12.2. The zero-order valence-corrected chi connectivity index (χ0v) is 12.1. The van der Waals surface area contributed by atoms with Crippen LogP contribution in [0.2, 0.25) is 0 Å². The van der Waals surface area contributed by atoms with Gasteiger partial charge in [0.1, 0.15) is 0 Å². The monoisotopic (exact) mass is 283 g/mol. The number of aryl methyl sites for hydroxylation is 1. The Balaban J connectivity index is 2.11. The number of nitrogens with two attached hydrogens (primary N) is 1. The molecule has 0 unspecified atom stereocenters. The van der Waals surface area contributed by atoms with Gasteiger partial charge in [-0.05, 0) is 24.6 Å². The smallest absolute Gasteiger partial charge is 0.291 e. The third-order valence-corrected chi connectivity index (χ3v) is 2.97. The molecule has 0 bridgehead atoms. The second-order valence-corrected chi connectivity index (χ2v) is 4.63. The molecule has 1 amide bonds. The predicted octanol–water partition coefficient (Wildman–Crippen LogP) is 1.57. The van der Waals surface area contributed by atoms with E-state index in [0.29, 0.717) is 18.8 Å². The van der Waals surface area contributed by atoms with E-state index in [-0.39, 0.29) is 11.7 Å². The molecule has 0 aliphatic rings. The van der Waals surface area contributed by atoms with Gasteiger partial charge < -0.3 is 15.1 Å². The van der Waals surface area contributed by atoms with Crippen molar-refractivity contribution in [1.29, 1.82) is 0 Å². The summed E-state index contributed by atoms with van der Waals surface area (Å²) >= 11 is 0. The minimum Gasteiger partial charge on any atom is -0.438 e. The number of hydrogen-bond donors (Lipinski definition) is 1. The van der Waals surface area contributed by atoms with Crippen LogP contribution in [0.3, 0.4) is 0 Å². The van der Waals surface area contributed by atoms with Crippen molar-refractivity contribution in [2.75, 3.05) is 13.6 Å². The van der Waals surface area contributed by atoms with Gasteiger partial charge in [0.15, 0.2) is 6.39 Å². The summed E-state index contributed by atoms with van der Waals surface area (Å²) in [6.45, 7) is 2.54. The number of oxazole rings is 1. The number of hydrogen-bond acceptors (Lipinski definition) is 4. The van der Waals surface area contributed by atoms with Crippen LogP contribution in [-0.4, -0.2) is 29.4 Å². The first kappa shape index (κ1) is 14.8. The summed E-state index contributed by atoms with van der Waals surface area (Å²) in [5.74, 6) is 5.87. The van der Waals surface area contributed by atoms with Crippen molar-refractivity contribution < 1.29 is 9.21 Å². The molecule has 1 aromatic heterocycles. The molecular formula is C16H17N3O2. The number of rotatable bonds is 3. The predicted molar refractivity (Wildman–Crippen MR) is 79.4 cm³/mol. The van der Waals surface area contributed by atoms with Crippen molar-refractivity contribution >= 4 is 5.91 Å². The number of nitrogens with zero attached hydrogens (tertiary/aromatic N) is 2. The molecule has 0 radical (unpaired) electrons. The highest BCUT2D eigenvalue weighted by Crippen LogP contribution is 2.12. The van der Waals surface area contributed by atoms with E-state index in [2.05, 4.69) is 16.8 Å². The molecule has 0 spiro atoms. The average Bonchev–Trinajstić information content (AvgIpc) is 2.90. The third kappa shape index (κ3) is 3.71. The largest absolute Gasteiger partial charge is 0.438 e. The van der Waals surface area contributed by atoms with Crippen molar-refractivity contribution in [3.05, 3.63) is 53.2 Å². The Kier molecular flexibility index (Phi) is 4.75. The molecule has 21 heavy (non-hydrogen) atoms. The van der Waals surface area contributed by atoms with Crippen LogP contribution in [0.15, 0.2) is 35.1 Å². The van der Waals surface area contributed by atoms with E-state index in [0.717, 1.165) is 11.1 Å². The lowest BCUT2D eigenvalue weighted by atomic mass is 10.1. The SMILES string of the molecule is Cc1ncoc1C(=O)N(C)Cc1cccc(C#CCN)c1. The van der Waals surface area contributed by atoms with Crippen molar-refractivity contribution in [2.45, 2.75) is 13.5 Å². The quantitative estimate of drug-likeness (QED) is 0.868. The minimum absolute atomic E-state index is 0.191. The number of carbonyl (C=O) groups excluding carboxylic acids is 1. The number of carbonyl (C=O) groups is 1. The van der Waals surface area contributed by atoms with Gasteiger partial charge in [0, 0.05) is 19.2 Å². The van der Waals surface area contributed by atoms with Gasteiger partial charge in [0.05, 0.1) is 12.2 Å². The zero-order chi connectivity index (χ0) is 15.2. The normalized spacial score (nSPS) is 9.86. The van der Waals surface area contributed by atoms with Gasteiger partial charge in [0.2, 0.25) is 5.76 Å². The van der Waals surface area contributed by atoms with Crippen LogP contribution in [0.5, 0.6) is 0 Å². The molecule has 0 aliphatic carbocycles. The fourth-order valence-corrected chi connectivity index (χ4v) is 1.93. The van der Waals surface area contributed by atoms with Crippen LogP contribution in [0.4, 0.5) is 0 Å². The summed E-state index contributed by atoms with van der Waals surface area (Å²) in [6, 6.07) is 7.72. The van der Waals surface area contributed by atoms with Crippen LogP contribution >= 0.6 is 0 Å². The van der Waals surface area contributed by atoms with Gasteiger partial charge in [-0.2, -0.15) is 0 Å². The van der Waals surface area contributed by atoms with E-state index >= 15 is 0 Å². The van der Waals surface area contributed by atoms with Gasteiger partial charge >= 0.3 is 0 Å². The van der Waals surface area contributed by atoms with Crippen LogP contribution in [0, 0.1) is 18.8 Å². The van der Waals surface area contributed by atoms with Crippen LogP contribution in [0.1, 0.15) is 27.4 Å². The standard InChI is InChI=1S/C16H17N3O2/c1-12-15(21-11-18-12)16(20)19(2)10-14-6-3-5-13(9-14)7-4-8-17/h3,5-6,9,11H,8,10,17H2,1-2H3. The lowest BCUT2D eigenvalue weighted by Gasteiger charge is -2.16. The van der Waals surface area contributed by atoms with Gasteiger partial charge in [-0.15, -0.1) is 0 Å². The molecule has 0 saturated heterocycles. The Labute approximate surface area is 123 Å². The number of benzene rings is 1. The summed E-state index contributed by atoms with van der Waals surface area (Å²) in [6.07, 6.45) is 1.28. The summed E-state index contributed by atoms with van der Waals surface area (Å²) in [5, 5.41) is 0. The lowest BCUT2D eigenvalue weighted by Crippen LogP contribution is -2.26. The molecule has 1 aromatic carbocycles. The maximum atomic E-state index is 12.2. The van der Waals surface area contributed by atoms with E-state index in [1.54, 1.807) is 18.9 Å². The van der Waals surface area contributed by atoms with Crippen LogP contribution in [0.25, 0.3) is 0 Å². The topological polar surface area (TPSA) is 72.4 Å². The third-order valence-electron chi connectivity index (χ3n) is 2.97. The van der Waals surface area contributed by atoms with Crippen molar-refractivity contribution in [3.63, 3.8) is 0 Å². The van der Waals surface area contributed by atoms with Crippen LogP contribution < -0.4 is 5.73 Å². The molecule has 5 heteroatoms. The van der Waals surface area contributed by atoms with Gasteiger partial charge in [-0.1, -0.05) is 24.0 Å². The van der Waals surface area contributed by atoms with Crippen molar-refractivity contribution in [2.24, 2.45) is 5.73 Å². The molecule has 2 N–H and O–H groups in total. The van der Waals surface area contributed by atoms with E-state index in [1.807, 2.05) is 24.3 Å². The first-order valence-electron chi connectivity index (χ1n) is 6.55.